The van der Waals surface area contributed by atoms with E-state index in [9.17, 15) is 4.79 Å². The Morgan fingerprint density at radius 3 is 2.83 bits per heavy atom. The Bertz CT molecular complexity index is 433. The Hall–Kier alpha value is -1.03. The summed E-state index contributed by atoms with van der Waals surface area (Å²) in [6, 6.07) is 5.24. The minimum absolute atomic E-state index is 0.143. The van der Waals surface area contributed by atoms with E-state index in [2.05, 4.69) is 5.32 Å². The number of amides is 1. The fraction of sp³-hybridized carbons (Fsp3) is 0.308. The van der Waals surface area contributed by atoms with E-state index < -0.39 is 0 Å². The van der Waals surface area contributed by atoms with Crippen molar-refractivity contribution in [3.63, 3.8) is 0 Å². The molecule has 0 heterocycles. The first-order chi connectivity index (χ1) is 8.65. The third kappa shape index (κ3) is 5.08. The van der Waals surface area contributed by atoms with Gasteiger partial charge in [-0.05, 0) is 30.5 Å². The van der Waals surface area contributed by atoms with Crippen LogP contribution in [0.3, 0.4) is 0 Å². The van der Waals surface area contributed by atoms with Crippen LogP contribution in [-0.2, 0) is 4.79 Å². The van der Waals surface area contributed by atoms with Crippen molar-refractivity contribution >= 4 is 35.2 Å². The summed E-state index contributed by atoms with van der Waals surface area (Å²) in [6.45, 7) is 0.691. The van der Waals surface area contributed by atoms with Gasteiger partial charge in [0.1, 0.15) is 0 Å². The highest BCUT2D eigenvalue weighted by Gasteiger charge is 2.01. The largest absolute Gasteiger partial charge is 0.396 e. The Labute approximate surface area is 116 Å². The molecular formula is C13H15Cl2NO2. The van der Waals surface area contributed by atoms with Crippen molar-refractivity contribution < 1.29 is 9.90 Å². The highest BCUT2D eigenvalue weighted by Crippen LogP contribution is 2.26. The second-order valence-electron chi connectivity index (χ2n) is 3.70. The molecule has 0 aliphatic heterocycles. The van der Waals surface area contributed by atoms with Gasteiger partial charge in [0.15, 0.2) is 0 Å². The van der Waals surface area contributed by atoms with E-state index >= 15 is 0 Å². The minimum Gasteiger partial charge on any atom is -0.396 e. The quantitative estimate of drug-likeness (QED) is 0.624. The summed E-state index contributed by atoms with van der Waals surface area (Å²) in [5, 5.41) is 12.2. The first-order valence-electron chi connectivity index (χ1n) is 5.66. The number of unbranched alkanes of at least 4 members (excludes halogenated alkanes) is 1. The van der Waals surface area contributed by atoms with Gasteiger partial charge in [-0.25, -0.2) is 0 Å². The van der Waals surface area contributed by atoms with E-state index in [0.29, 0.717) is 28.6 Å². The molecule has 1 amide bonds. The molecule has 0 unspecified atom stereocenters. The Morgan fingerprint density at radius 2 is 2.11 bits per heavy atom. The van der Waals surface area contributed by atoms with Crippen molar-refractivity contribution in [3.05, 3.63) is 39.9 Å². The number of rotatable bonds is 6. The molecular weight excluding hydrogens is 273 g/mol. The van der Waals surface area contributed by atoms with Crippen LogP contribution in [-0.4, -0.2) is 24.2 Å². The van der Waals surface area contributed by atoms with E-state index in [0.717, 1.165) is 6.42 Å². The molecule has 0 saturated heterocycles. The Balaban J connectivity index is 2.48. The number of hydrogen-bond acceptors (Lipinski definition) is 2. The molecule has 1 aromatic carbocycles. The maximum Gasteiger partial charge on any atom is 0.243 e. The van der Waals surface area contributed by atoms with Gasteiger partial charge in [-0.3, -0.25) is 4.79 Å². The van der Waals surface area contributed by atoms with Crippen molar-refractivity contribution in [2.24, 2.45) is 0 Å². The lowest BCUT2D eigenvalue weighted by molar-refractivity contribution is -0.116. The van der Waals surface area contributed by atoms with Gasteiger partial charge < -0.3 is 10.4 Å². The van der Waals surface area contributed by atoms with Crippen molar-refractivity contribution in [2.75, 3.05) is 13.2 Å². The van der Waals surface area contributed by atoms with E-state index in [4.69, 9.17) is 28.3 Å². The van der Waals surface area contributed by atoms with E-state index in [1.54, 1.807) is 24.3 Å². The predicted molar refractivity (Wildman–Crippen MR) is 74.8 cm³/mol. The predicted octanol–water partition coefficient (Wildman–Crippen LogP) is 2.90. The lowest BCUT2D eigenvalue weighted by atomic mass is 10.2. The second-order valence-corrected chi connectivity index (χ2v) is 4.48. The first kappa shape index (κ1) is 15.0. The lowest BCUT2D eigenvalue weighted by Crippen LogP contribution is -2.22. The van der Waals surface area contributed by atoms with Crippen LogP contribution >= 0.6 is 23.2 Å². The van der Waals surface area contributed by atoms with Crippen LogP contribution in [0.15, 0.2) is 24.3 Å². The Morgan fingerprint density at radius 1 is 1.33 bits per heavy atom. The highest BCUT2D eigenvalue weighted by atomic mass is 35.5. The SMILES string of the molecule is O=C(/C=C/c1cccc(Cl)c1Cl)NCCCCO. The fourth-order valence-corrected chi connectivity index (χ4v) is 1.69. The summed E-state index contributed by atoms with van der Waals surface area (Å²) < 4.78 is 0. The van der Waals surface area contributed by atoms with Gasteiger partial charge in [0.25, 0.3) is 0 Å². The summed E-state index contributed by atoms with van der Waals surface area (Å²) in [5.74, 6) is -0.191. The molecule has 1 aromatic rings. The van der Waals surface area contributed by atoms with Crippen LogP contribution < -0.4 is 5.32 Å². The summed E-state index contributed by atoms with van der Waals surface area (Å²) in [5.41, 5.74) is 0.703. The molecule has 1 rings (SSSR count). The average Bonchev–Trinajstić information content (AvgIpc) is 2.36. The molecule has 0 spiro atoms. The Kier molecular flexibility index (Phi) is 6.80. The zero-order valence-corrected chi connectivity index (χ0v) is 11.3. The molecule has 0 aliphatic rings. The molecule has 0 atom stereocenters. The van der Waals surface area contributed by atoms with Gasteiger partial charge in [0.2, 0.25) is 5.91 Å². The molecule has 0 aliphatic carbocycles. The number of aliphatic hydroxyl groups excluding tert-OH is 1. The van der Waals surface area contributed by atoms with Crippen LogP contribution in [0.5, 0.6) is 0 Å². The van der Waals surface area contributed by atoms with Gasteiger partial charge in [0.05, 0.1) is 10.0 Å². The van der Waals surface area contributed by atoms with Crippen molar-refractivity contribution in [1.82, 2.24) is 5.32 Å². The standard InChI is InChI=1S/C13H15Cl2NO2/c14-11-5-3-4-10(13(11)15)6-7-12(18)16-8-1-2-9-17/h3-7,17H,1-2,8-9H2,(H,16,18)/b7-6+. The number of carbonyl (C=O) groups is 1. The third-order valence-electron chi connectivity index (χ3n) is 2.28. The molecule has 18 heavy (non-hydrogen) atoms. The summed E-state index contributed by atoms with van der Waals surface area (Å²) in [6.07, 6.45) is 4.48. The third-order valence-corrected chi connectivity index (χ3v) is 3.11. The second kappa shape index (κ2) is 8.14. The number of hydrogen-bond donors (Lipinski definition) is 2. The van der Waals surface area contributed by atoms with Gasteiger partial charge in [-0.1, -0.05) is 35.3 Å². The molecule has 3 nitrogen and oxygen atoms in total. The van der Waals surface area contributed by atoms with E-state index in [1.807, 2.05) is 0 Å². The number of benzene rings is 1. The maximum absolute atomic E-state index is 11.4. The van der Waals surface area contributed by atoms with Gasteiger partial charge >= 0.3 is 0 Å². The topological polar surface area (TPSA) is 49.3 Å². The van der Waals surface area contributed by atoms with Crippen LogP contribution in [0.1, 0.15) is 18.4 Å². The molecule has 5 heteroatoms. The normalized spacial score (nSPS) is 10.8. The van der Waals surface area contributed by atoms with Crippen LogP contribution in [0, 0.1) is 0 Å². The van der Waals surface area contributed by atoms with E-state index in [-0.39, 0.29) is 12.5 Å². The van der Waals surface area contributed by atoms with Crippen LogP contribution in [0.25, 0.3) is 6.08 Å². The summed E-state index contributed by atoms with van der Waals surface area (Å²) >= 11 is 11.8. The van der Waals surface area contributed by atoms with Crippen molar-refractivity contribution in [3.8, 4) is 0 Å². The maximum atomic E-state index is 11.4. The minimum atomic E-state index is -0.191. The zero-order chi connectivity index (χ0) is 13.4. The molecule has 2 N–H and O–H groups in total. The monoisotopic (exact) mass is 287 g/mol. The zero-order valence-electron chi connectivity index (χ0n) is 9.83. The molecule has 0 radical (unpaired) electrons. The number of carbonyl (C=O) groups excluding carboxylic acids is 1. The molecule has 0 aromatic heterocycles. The van der Waals surface area contributed by atoms with Crippen LogP contribution in [0.4, 0.5) is 0 Å². The van der Waals surface area contributed by atoms with Gasteiger partial charge in [0, 0.05) is 19.2 Å². The average molecular weight is 288 g/mol. The molecule has 98 valence electrons. The van der Waals surface area contributed by atoms with Crippen molar-refractivity contribution in [2.45, 2.75) is 12.8 Å². The number of nitrogens with one attached hydrogen (secondary N) is 1. The number of aliphatic hydroxyl groups is 1. The summed E-state index contributed by atoms with van der Waals surface area (Å²) in [7, 11) is 0. The first-order valence-corrected chi connectivity index (χ1v) is 6.41. The lowest BCUT2D eigenvalue weighted by Gasteiger charge is -2.01. The fourth-order valence-electron chi connectivity index (χ4n) is 1.32. The molecule has 0 saturated carbocycles. The van der Waals surface area contributed by atoms with Gasteiger partial charge in [-0.2, -0.15) is 0 Å². The van der Waals surface area contributed by atoms with Gasteiger partial charge in [-0.15, -0.1) is 0 Å². The smallest absolute Gasteiger partial charge is 0.243 e. The number of halogens is 2. The van der Waals surface area contributed by atoms with Crippen molar-refractivity contribution in [1.29, 1.82) is 0 Å². The molecule has 0 bridgehead atoms. The molecule has 0 fully saturated rings. The van der Waals surface area contributed by atoms with E-state index in [1.165, 1.54) is 6.08 Å². The highest BCUT2D eigenvalue weighted by molar-refractivity contribution is 6.42. The van der Waals surface area contributed by atoms with Crippen LogP contribution in [0.2, 0.25) is 10.0 Å². The summed E-state index contributed by atoms with van der Waals surface area (Å²) in [4.78, 5) is 11.4.